The van der Waals surface area contributed by atoms with E-state index in [1.54, 1.807) is 0 Å². The van der Waals surface area contributed by atoms with Gasteiger partial charge in [-0.15, -0.1) is 0 Å². The van der Waals surface area contributed by atoms with Crippen LogP contribution in [0.4, 0.5) is 0 Å². The molecule has 5 atom stereocenters. The number of hydrogen-bond acceptors (Lipinski definition) is 15. The molecule has 2 unspecified atom stereocenters. The SMILES string of the molecule is CCCCCC/C=C\C=C/CCCCCCCC(=O)OC[C@H](COP(=O)(O)OC[C@@H](O)COP(=O)(O)OC[C@@H](COC(=O)CCCCCCCCCCCC(C)C)OC(=O)CCCCCCCCCCCCCC(C)C)OC(=O)CCCCCCCCCCCCCCCCC(C)C. The Hall–Kier alpha value is -2.46. The van der Waals surface area contributed by atoms with Crippen molar-refractivity contribution in [2.75, 3.05) is 39.6 Å². The predicted molar refractivity (Wildman–Crippen MR) is 400 cm³/mol. The molecule has 3 N–H and O–H groups in total. The van der Waals surface area contributed by atoms with E-state index in [2.05, 4.69) is 72.8 Å². The molecule has 578 valence electrons. The number of unbranched alkanes of at least 4 members (excludes halogenated alkanes) is 40. The lowest BCUT2D eigenvalue weighted by Gasteiger charge is -2.21. The summed E-state index contributed by atoms with van der Waals surface area (Å²) >= 11 is 0. The molecule has 98 heavy (non-hydrogen) atoms. The minimum absolute atomic E-state index is 0.100. The number of aliphatic hydroxyl groups excluding tert-OH is 1. The van der Waals surface area contributed by atoms with E-state index in [0.717, 1.165) is 127 Å². The van der Waals surface area contributed by atoms with E-state index in [0.29, 0.717) is 25.7 Å². The maximum absolute atomic E-state index is 13.1. The van der Waals surface area contributed by atoms with Gasteiger partial charge in [0.2, 0.25) is 0 Å². The zero-order chi connectivity index (χ0) is 72.3. The average molecular weight is 1430 g/mol. The summed E-state index contributed by atoms with van der Waals surface area (Å²) in [6, 6.07) is 0. The van der Waals surface area contributed by atoms with Gasteiger partial charge in [-0.2, -0.15) is 0 Å². The Morgan fingerprint density at radius 3 is 0.827 bits per heavy atom. The fraction of sp³-hybridized carbons (Fsp3) is 0.899. The van der Waals surface area contributed by atoms with E-state index in [9.17, 15) is 43.2 Å². The monoisotopic (exact) mass is 1430 g/mol. The Kier molecular flexibility index (Phi) is 67.2. The van der Waals surface area contributed by atoms with Crippen molar-refractivity contribution in [1.29, 1.82) is 0 Å². The molecule has 0 spiro atoms. The number of ether oxygens (including phenoxy) is 4. The first-order valence-electron chi connectivity index (χ1n) is 40.2. The molecule has 17 nitrogen and oxygen atoms in total. The maximum atomic E-state index is 13.1. The smallest absolute Gasteiger partial charge is 0.462 e. The Labute approximate surface area is 599 Å². The van der Waals surface area contributed by atoms with Gasteiger partial charge in [-0.05, 0) is 69.1 Å². The molecule has 19 heteroatoms. The second kappa shape index (κ2) is 68.9. The summed E-state index contributed by atoms with van der Waals surface area (Å²) < 4.78 is 68.6. The van der Waals surface area contributed by atoms with E-state index in [4.69, 9.17) is 37.0 Å². The molecule has 0 rings (SSSR count). The Bertz CT molecular complexity index is 2000. The molecule has 0 saturated carbocycles. The van der Waals surface area contributed by atoms with Crippen LogP contribution in [0, 0.1) is 17.8 Å². The van der Waals surface area contributed by atoms with Crippen molar-refractivity contribution in [3.8, 4) is 0 Å². The Balaban J connectivity index is 5.30. The third-order valence-electron chi connectivity index (χ3n) is 17.8. The first kappa shape index (κ1) is 95.5. The fourth-order valence-corrected chi connectivity index (χ4v) is 13.2. The summed E-state index contributed by atoms with van der Waals surface area (Å²) in [7, 11) is -9.93. The standard InChI is InChI=1S/C79H150O17P2/c1-8-9-10-11-12-13-14-15-16-20-25-32-39-46-53-60-76(81)89-66-74(95-78(83)62-55-48-41-33-26-21-18-17-19-23-29-36-43-50-57-70(2)3)68-93-97(85,86)91-64-73(80)65-92-98(87,88)94-69-75(67-90-77(82)61-54-47-40-35-28-31-38-45-52-59-72(6)7)96-79(84)63-56-49-42-34-27-22-24-30-37-44-51-58-71(4)5/h13-16,70-75,80H,8-12,17-69H2,1-7H3,(H,85,86)(H,87,88)/b14-13-,16-15-/t73-,74-,75-/m1/s1. The van der Waals surface area contributed by atoms with Gasteiger partial charge in [-0.3, -0.25) is 37.3 Å². The first-order chi connectivity index (χ1) is 47.2. The van der Waals surface area contributed by atoms with E-state index in [-0.39, 0.29) is 25.7 Å². The van der Waals surface area contributed by atoms with E-state index >= 15 is 0 Å². The number of rotatable bonds is 75. The number of esters is 4. The Morgan fingerprint density at radius 1 is 0.316 bits per heavy atom. The normalized spacial score (nSPS) is 14.2. The molecule has 0 heterocycles. The molecule has 0 aliphatic rings. The highest BCUT2D eigenvalue weighted by Gasteiger charge is 2.30. The van der Waals surface area contributed by atoms with Crippen LogP contribution in [0.15, 0.2) is 24.3 Å². The molecule has 0 aliphatic heterocycles. The van der Waals surface area contributed by atoms with Crippen LogP contribution in [-0.4, -0.2) is 96.7 Å². The molecule has 0 bridgehead atoms. The maximum Gasteiger partial charge on any atom is 0.472 e. The molecule has 0 aromatic carbocycles. The number of hydrogen-bond donors (Lipinski definition) is 3. The van der Waals surface area contributed by atoms with Crippen molar-refractivity contribution in [2.45, 2.75) is 401 Å². The zero-order valence-electron chi connectivity index (χ0n) is 63.7. The van der Waals surface area contributed by atoms with Gasteiger partial charge < -0.3 is 33.8 Å². The topological polar surface area (TPSA) is 237 Å². The number of phosphoric acid groups is 2. The summed E-state index contributed by atoms with van der Waals surface area (Å²) in [6.45, 7) is 11.9. The second-order valence-corrected chi connectivity index (χ2v) is 32.1. The molecule has 0 saturated heterocycles. The van der Waals surface area contributed by atoms with Crippen molar-refractivity contribution in [1.82, 2.24) is 0 Å². The highest BCUT2D eigenvalue weighted by atomic mass is 31.2. The van der Waals surface area contributed by atoms with Crippen LogP contribution in [-0.2, 0) is 65.4 Å². The lowest BCUT2D eigenvalue weighted by Crippen LogP contribution is -2.30. The third kappa shape index (κ3) is 71.9. The van der Waals surface area contributed by atoms with E-state index in [1.165, 1.54) is 173 Å². The summed E-state index contributed by atoms with van der Waals surface area (Å²) in [6.07, 6.45) is 59.0. The quantitative estimate of drug-likeness (QED) is 0.0169. The molecular formula is C79H150O17P2. The predicted octanol–water partition coefficient (Wildman–Crippen LogP) is 22.9. The van der Waals surface area contributed by atoms with Crippen molar-refractivity contribution in [3.63, 3.8) is 0 Å². The molecule has 0 fully saturated rings. The largest absolute Gasteiger partial charge is 0.472 e. The molecular weight excluding hydrogens is 1280 g/mol. The lowest BCUT2D eigenvalue weighted by atomic mass is 10.0. The van der Waals surface area contributed by atoms with Crippen LogP contribution in [0.1, 0.15) is 382 Å². The van der Waals surface area contributed by atoms with E-state index < -0.39 is 97.5 Å². The van der Waals surface area contributed by atoms with Gasteiger partial charge >= 0.3 is 39.5 Å². The van der Waals surface area contributed by atoms with Crippen LogP contribution in [0.25, 0.3) is 0 Å². The van der Waals surface area contributed by atoms with Crippen molar-refractivity contribution in [3.05, 3.63) is 24.3 Å². The number of aliphatic hydroxyl groups is 1. The number of phosphoric ester groups is 2. The van der Waals surface area contributed by atoms with Crippen LogP contribution < -0.4 is 0 Å². The van der Waals surface area contributed by atoms with Crippen molar-refractivity contribution >= 4 is 39.5 Å². The average Bonchev–Trinajstić information content (AvgIpc) is 1.45. The number of carbonyl (C=O) groups is 4. The number of allylic oxidation sites excluding steroid dienone is 4. The van der Waals surface area contributed by atoms with Gasteiger partial charge in [0.1, 0.15) is 19.3 Å². The summed E-state index contributed by atoms with van der Waals surface area (Å²) in [5.41, 5.74) is 0. The highest BCUT2D eigenvalue weighted by molar-refractivity contribution is 7.47. The second-order valence-electron chi connectivity index (χ2n) is 29.2. The van der Waals surface area contributed by atoms with Crippen LogP contribution >= 0.6 is 15.6 Å². The van der Waals surface area contributed by atoms with Crippen molar-refractivity contribution < 1.29 is 80.2 Å². The molecule has 0 amide bonds. The molecule has 0 radical (unpaired) electrons. The minimum atomic E-state index is -4.97. The minimum Gasteiger partial charge on any atom is -0.462 e. The summed E-state index contributed by atoms with van der Waals surface area (Å²) in [5, 5.41) is 10.6. The number of carbonyl (C=O) groups excluding carboxylic acids is 4. The van der Waals surface area contributed by atoms with E-state index in [1.807, 2.05) is 0 Å². The van der Waals surface area contributed by atoms with Crippen LogP contribution in [0.2, 0.25) is 0 Å². The Morgan fingerprint density at radius 2 is 0.551 bits per heavy atom. The van der Waals surface area contributed by atoms with Crippen LogP contribution in [0.3, 0.4) is 0 Å². The third-order valence-corrected chi connectivity index (χ3v) is 19.7. The zero-order valence-corrected chi connectivity index (χ0v) is 65.5. The fourth-order valence-electron chi connectivity index (χ4n) is 11.6. The van der Waals surface area contributed by atoms with Gasteiger partial charge in [0.05, 0.1) is 26.4 Å². The van der Waals surface area contributed by atoms with Gasteiger partial charge in [-0.1, -0.05) is 330 Å². The molecule has 0 aromatic heterocycles. The van der Waals surface area contributed by atoms with Crippen LogP contribution in [0.5, 0.6) is 0 Å². The van der Waals surface area contributed by atoms with Gasteiger partial charge in [-0.25, -0.2) is 9.13 Å². The van der Waals surface area contributed by atoms with Gasteiger partial charge in [0.15, 0.2) is 12.2 Å². The molecule has 0 aromatic rings. The highest BCUT2D eigenvalue weighted by Crippen LogP contribution is 2.45. The first-order valence-corrected chi connectivity index (χ1v) is 43.2. The lowest BCUT2D eigenvalue weighted by molar-refractivity contribution is -0.161. The van der Waals surface area contributed by atoms with Gasteiger partial charge in [0, 0.05) is 25.7 Å². The molecule has 0 aliphatic carbocycles. The summed E-state index contributed by atoms with van der Waals surface area (Å²) in [5.74, 6) is 0.155. The van der Waals surface area contributed by atoms with Gasteiger partial charge in [0.25, 0.3) is 0 Å². The van der Waals surface area contributed by atoms with Crippen molar-refractivity contribution in [2.24, 2.45) is 17.8 Å². The summed E-state index contributed by atoms with van der Waals surface area (Å²) in [4.78, 5) is 72.9.